The van der Waals surface area contributed by atoms with E-state index in [0.717, 1.165) is 35.5 Å². The van der Waals surface area contributed by atoms with E-state index in [-0.39, 0.29) is 12.5 Å². The van der Waals surface area contributed by atoms with E-state index in [1.165, 1.54) is 12.8 Å². The van der Waals surface area contributed by atoms with Gasteiger partial charge in [-0.05, 0) is 37.9 Å². The summed E-state index contributed by atoms with van der Waals surface area (Å²) in [5, 5.41) is 9.64. The number of likely N-dealkylation sites (tertiary alicyclic amines) is 1. The van der Waals surface area contributed by atoms with Gasteiger partial charge in [0.15, 0.2) is 0 Å². The number of piperidine rings is 1. The van der Waals surface area contributed by atoms with Gasteiger partial charge >= 0.3 is 0 Å². The topological polar surface area (TPSA) is 76.6 Å². The van der Waals surface area contributed by atoms with Gasteiger partial charge in [-0.15, -0.1) is 10.2 Å². The van der Waals surface area contributed by atoms with Crippen LogP contribution in [0.1, 0.15) is 25.7 Å². The number of morpholine rings is 1. The predicted molar refractivity (Wildman–Crippen MR) is 116 cm³/mol. The molecule has 164 valence electrons. The van der Waals surface area contributed by atoms with Crippen LogP contribution in [0.25, 0.3) is 22.4 Å². The summed E-state index contributed by atoms with van der Waals surface area (Å²) in [6.07, 6.45) is 4.39. The molecule has 1 amide bonds. The molecule has 0 radical (unpaired) electrons. The third-order valence-corrected chi connectivity index (χ3v) is 6.39. The summed E-state index contributed by atoms with van der Waals surface area (Å²) in [5.41, 5.74) is 1.86. The number of carbonyl (C=O) groups is 1. The maximum absolute atomic E-state index is 12.8. The first kappa shape index (κ1) is 20.2. The second kappa shape index (κ2) is 8.80. The van der Waals surface area contributed by atoms with E-state index in [1.54, 1.807) is 0 Å². The third kappa shape index (κ3) is 4.36. The van der Waals surface area contributed by atoms with E-state index < -0.39 is 0 Å². The zero-order chi connectivity index (χ0) is 21.2. The summed E-state index contributed by atoms with van der Waals surface area (Å²) >= 11 is 0. The number of para-hydroxylation sites is 1. The lowest BCUT2D eigenvalue weighted by atomic mass is 9.99. The normalized spacial score (nSPS) is 18.7. The first-order valence-corrected chi connectivity index (χ1v) is 11.2. The van der Waals surface area contributed by atoms with E-state index in [1.807, 2.05) is 39.9 Å². The highest BCUT2D eigenvalue weighted by atomic mass is 16.5. The molecule has 0 N–H and O–H groups in total. The molecule has 0 spiro atoms. The highest BCUT2D eigenvalue weighted by Crippen LogP contribution is 2.30. The van der Waals surface area contributed by atoms with Crippen molar-refractivity contribution < 1.29 is 13.9 Å². The average molecular weight is 424 g/mol. The largest absolute Gasteiger partial charge is 0.419 e. The Balaban J connectivity index is 1.36. The van der Waals surface area contributed by atoms with Crippen molar-refractivity contribution in [2.75, 3.05) is 39.4 Å². The first-order chi connectivity index (χ1) is 15.2. The van der Waals surface area contributed by atoms with Crippen molar-refractivity contribution in [2.45, 2.75) is 32.9 Å². The summed E-state index contributed by atoms with van der Waals surface area (Å²) < 4.78 is 13.4. The number of carbonyl (C=O) groups excluding carboxylic acids is 1. The number of rotatable bonds is 5. The Bertz CT molecular complexity index is 1040. The number of hydrogen-bond donors (Lipinski definition) is 0. The Morgan fingerprint density at radius 3 is 2.68 bits per heavy atom. The van der Waals surface area contributed by atoms with E-state index in [9.17, 15) is 4.79 Å². The molecule has 4 heterocycles. The fourth-order valence-electron chi connectivity index (χ4n) is 4.44. The lowest BCUT2D eigenvalue weighted by Gasteiger charge is -2.28. The molecule has 2 aliphatic rings. The van der Waals surface area contributed by atoms with Crippen LogP contribution in [0, 0.1) is 5.92 Å². The maximum Gasteiger partial charge on any atom is 0.249 e. The predicted octanol–water partition coefficient (Wildman–Crippen LogP) is 2.78. The molecule has 0 saturated carbocycles. The number of benzene rings is 1. The molecule has 8 heteroatoms. The molecule has 0 bridgehead atoms. The summed E-state index contributed by atoms with van der Waals surface area (Å²) in [6.45, 7) is 7.92. The van der Waals surface area contributed by atoms with Crippen LogP contribution < -0.4 is 0 Å². The van der Waals surface area contributed by atoms with Crippen LogP contribution in [0.3, 0.4) is 0 Å². The molecule has 3 aromatic rings. The smallest absolute Gasteiger partial charge is 0.249 e. The second-order valence-electron chi connectivity index (χ2n) is 8.64. The second-order valence-corrected chi connectivity index (χ2v) is 8.64. The van der Waals surface area contributed by atoms with Crippen LogP contribution in [0.15, 0.2) is 34.9 Å². The molecule has 2 fully saturated rings. The van der Waals surface area contributed by atoms with Crippen LogP contribution in [0.5, 0.6) is 0 Å². The van der Waals surface area contributed by atoms with Gasteiger partial charge in [0.25, 0.3) is 0 Å². The lowest BCUT2D eigenvalue weighted by Crippen LogP contribution is -2.42. The number of nitrogens with zero attached hydrogens (tertiary/aromatic N) is 5. The Morgan fingerprint density at radius 2 is 1.87 bits per heavy atom. The van der Waals surface area contributed by atoms with Crippen molar-refractivity contribution >= 4 is 16.8 Å². The van der Waals surface area contributed by atoms with Crippen LogP contribution in [-0.4, -0.2) is 69.9 Å². The SMILES string of the molecule is CC1CCN(Cc2nnc(-c3cn(CC(=O)N4CCOCC4)c4ccccc34)o2)CC1. The maximum atomic E-state index is 12.8. The van der Waals surface area contributed by atoms with Crippen LogP contribution in [0.4, 0.5) is 0 Å². The highest BCUT2D eigenvalue weighted by Gasteiger charge is 2.22. The lowest BCUT2D eigenvalue weighted by molar-refractivity contribution is -0.135. The minimum absolute atomic E-state index is 0.0983. The molecule has 5 rings (SSSR count). The molecule has 0 atom stereocenters. The number of hydrogen-bond acceptors (Lipinski definition) is 6. The summed E-state index contributed by atoms with van der Waals surface area (Å²) in [5.74, 6) is 2.04. The van der Waals surface area contributed by atoms with Gasteiger partial charge in [0, 0.05) is 30.2 Å². The Hall–Kier alpha value is -2.71. The molecule has 2 saturated heterocycles. The van der Waals surface area contributed by atoms with Gasteiger partial charge in [0.05, 0.1) is 25.3 Å². The molecule has 31 heavy (non-hydrogen) atoms. The van der Waals surface area contributed by atoms with Gasteiger partial charge in [-0.1, -0.05) is 25.1 Å². The average Bonchev–Trinajstić information content (AvgIpc) is 3.41. The minimum atomic E-state index is 0.0983. The summed E-state index contributed by atoms with van der Waals surface area (Å²) in [4.78, 5) is 17.0. The quantitative estimate of drug-likeness (QED) is 0.628. The van der Waals surface area contributed by atoms with Gasteiger partial charge in [0.2, 0.25) is 17.7 Å². The Labute approximate surface area is 181 Å². The van der Waals surface area contributed by atoms with Crippen LogP contribution >= 0.6 is 0 Å². The van der Waals surface area contributed by atoms with Crippen molar-refractivity contribution in [1.82, 2.24) is 24.6 Å². The zero-order valence-corrected chi connectivity index (χ0v) is 18.0. The highest BCUT2D eigenvalue weighted by molar-refractivity contribution is 5.94. The van der Waals surface area contributed by atoms with Gasteiger partial charge in [0.1, 0.15) is 6.54 Å². The van der Waals surface area contributed by atoms with Gasteiger partial charge in [-0.25, -0.2) is 0 Å². The Kier molecular flexibility index (Phi) is 5.74. The van der Waals surface area contributed by atoms with E-state index in [0.29, 0.717) is 44.6 Å². The third-order valence-electron chi connectivity index (χ3n) is 6.39. The zero-order valence-electron chi connectivity index (χ0n) is 18.0. The summed E-state index contributed by atoms with van der Waals surface area (Å²) in [7, 11) is 0. The van der Waals surface area contributed by atoms with Crippen LogP contribution in [-0.2, 0) is 22.6 Å². The summed E-state index contributed by atoms with van der Waals surface area (Å²) in [6, 6.07) is 8.04. The molecule has 0 aliphatic carbocycles. The fourth-order valence-corrected chi connectivity index (χ4v) is 4.44. The molecule has 2 aliphatic heterocycles. The first-order valence-electron chi connectivity index (χ1n) is 11.2. The van der Waals surface area contributed by atoms with Crippen molar-refractivity contribution in [1.29, 1.82) is 0 Å². The van der Waals surface area contributed by atoms with Crippen molar-refractivity contribution in [3.05, 3.63) is 36.4 Å². The van der Waals surface area contributed by atoms with E-state index >= 15 is 0 Å². The van der Waals surface area contributed by atoms with Crippen molar-refractivity contribution in [3.8, 4) is 11.5 Å². The van der Waals surface area contributed by atoms with E-state index in [2.05, 4.69) is 22.0 Å². The standard InChI is InChI=1S/C23H29N5O3/c1-17-6-8-26(9-7-17)15-21-24-25-23(31-21)19-14-28(20-5-3-2-4-18(19)20)16-22(29)27-10-12-30-13-11-27/h2-5,14,17H,6-13,15-16H2,1H3. The minimum Gasteiger partial charge on any atom is -0.419 e. The monoisotopic (exact) mass is 423 g/mol. The molecule has 1 aromatic carbocycles. The molecular weight excluding hydrogens is 394 g/mol. The van der Waals surface area contributed by atoms with Crippen molar-refractivity contribution in [3.63, 3.8) is 0 Å². The molecule has 2 aromatic heterocycles. The van der Waals surface area contributed by atoms with Gasteiger partial charge < -0.3 is 18.6 Å². The number of ether oxygens (including phenoxy) is 1. The van der Waals surface area contributed by atoms with Crippen LogP contribution in [0.2, 0.25) is 0 Å². The van der Waals surface area contributed by atoms with Gasteiger partial charge in [-0.2, -0.15) is 0 Å². The van der Waals surface area contributed by atoms with Crippen molar-refractivity contribution in [2.24, 2.45) is 5.92 Å². The fraction of sp³-hybridized carbons (Fsp3) is 0.522. The Morgan fingerprint density at radius 1 is 1.10 bits per heavy atom. The number of fused-ring (bicyclic) bond motifs is 1. The molecule has 0 unspecified atom stereocenters. The van der Waals surface area contributed by atoms with E-state index in [4.69, 9.17) is 9.15 Å². The molecular formula is C23H29N5O3. The number of amides is 1. The molecule has 8 nitrogen and oxygen atoms in total. The number of aromatic nitrogens is 3. The van der Waals surface area contributed by atoms with Gasteiger partial charge in [-0.3, -0.25) is 9.69 Å².